The number of ether oxygens (including phenoxy) is 2. The van der Waals surface area contributed by atoms with Gasteiger partial charge in [-0.25, -0.2) is 9.36 Å². The molecule has 1 aromatic rings. The lowest BCUT2D eigenvalue weighted by Gasteiger charge is -2.21. The molecule has 12 heteroatoms. The minimum absolute atomic E-state index is 0.0222. The molecule has 10 nitrogen and oxygen atoms in total. The van der Waals surface area contributed by atoms with Crippen molar-refractivity contribution in [1.29, 1.82) is 0 Å². The van der Waals surface area contributed by atoms with Crippen LogP contribution in [-0.2, 0) is 23.1 Å². The normalized spacial score (nSPS) is 19.9. The number of phosphoric acid groups is 1. The number of phosphoric ester groups is 1. The lowest BCUT2D eigenvalue weighted by molar-refractivity contribution is -0.0354. The number of nitrogens with zero attached hydrogens (tertiary/aromatic N) is 1. The van der Waals surface area contributed by atoms with Crippen molar-refractivity contribution >= 4 is 19.6 Å². The first kappa shape index (κ1) is 43.2. The fraction of sp³-hybridized carbons (Fsp3) is 0.889. The number of hydrogen-bond acceptors (Lipinski definition) is 8. The summed E-state index contributed by atoms with van der Waals surface area (Å²) in [6, 6.07) is 0. The first-order valence-electron chi connectivity index (χ1n) is 19.0. The van der Waals surface area contributed by atoms with Gasteiger partial charge in [-0.15, -0.1) is 0 Å². The van der Waals surface area contributed by atoms with Crippen LogP contribution >= 0.6 is 19.6 Å². The van der Waals surface area contributed by atoms with Crippen LogP contribution in [0.3, 0.4) is 0 Å². The maximum absolute atomic E-state index is 12.9. The maximum Gasteiger partial charge on any atom is 0.472 e. The van der Waals surface area contributed by atoms with E-state index in [-0.39, 0.29) is 25.2 Å². The van der Waals surface area contributed by atoms with E-state index in [1.807, 2.05) is 18.7 Å². The van der Waals surface area contributed by atoms with Crippen LogP contribution in [-0.4, -0.2) is 58.0 Å². The number of H-pyrrole nitrogens is 1. The molecule has 1 aliphatic rings. The van der Waals surface area contributed by atoms with Crippen LogP contribution in [0.1, 0.15) is 155 Å². The van der Waals surface area contributed by atoms with E-state index in [9.17, 15) is 19.0 Å². The number of aromatic amines is 1. The lowest BCUT2D eigenvalue weighted by Crippen LogP contribution is -2.33. The SMILES string of the molecule is CCCCCCCCCCCCSC[C@@H](COP(=O)(O)OCC1OC(n2cc(C)c(=O)[nH]c2=O)C[C@@H]1C)OCCCCCCCCCC. The highest BCUT2D eigenvalue weighted by Crippen LogP contribution is 2.45. The van der Waals surface area contributed by atoms with Crippen molar-refractivity contribution in [1.82, 2.24) is 9.55 Å². The molecule has 1 fully saturated rings. The number of rotatable bonds is 30. The second-order valence-electron chi connectivity index (χ2n) is 13.6. The molecule has 2 rings (SSSR count). The van der Waals surface area contributed by atoms with Crippen LogP contribution in [0.15, 0.2) is 15.8 Å². The highest BCUT2D eigenvalue weighted by Gasteiger charge is 2.36. The van der Waals surface area contributed by atoms with Gasteiger partial charge in [-0.2, -0.15) is 11.8 Å². The van der Waals surface area contributed by atoms with Crippen molar-refractivity contribution in [2.45, 2.75) is 168 Å². The third-order valence-corrected chi connectivity index (χ3v) is 11.3. The van der Waals surface area contributed by atoms with Gasteiger partial charge in [0.2, 0.25) is 0 Å². The van der Waals surface area contributed by atoms with Gasteiger partial charge < -0.3 is 14.4 Å². The largest absolute Gasteiger partial charge is 0.472 e. The first-order chi connectivity index (χ1) is 23.2. The van der Waals surface area contributed by atoms with Gasteiger partial charge in [0, 0.05) is 24.1 Å². The molecule has 5 atom stereocenters. The second kappa shape index (κ2) is 25.9. The number of nitrogens with one attached hydrogen (secondary N) is 1. The van der Waals surface area contributed by atoms with Crippen molar-refractivity contribution in [2.75, 3.05) is 31.3 Å². The third kappa shape index (κ3) is 18.9. The zero-order valence-corrected chi connectivity index (χ0v) is 32.2. The van der Waals surface area contributed by atoms with Gasteiger partial charge in [0.25, 0.3) is 5.56 Å². The Bertz CT molecular complexity index is 1130. The van der Waals surface area contributed by atoms with Gasteiger partial charge in [-0.1, -0.05) is 124 Å². The summed E-state index contributed by atoms with van der Waals surface area (Å²) in [5.41, 5.74) is -0.581. The predicted octanol–water partition coefficient (Wildman–Crippen LogP) is 9.08. The van der Waals surface area contributed by atoms with Gasteiger partial charge in [-0.3, -0.25) is 23.4 Å². The molecule has 0 radical (unpaired) electrons. The van der Waals surface area contributed by atoms with E-state index < -0.39 is 31.4 Å². The Morgan fingerprint density at radius 3 is 2.08 bits per heavy atom. The van der Waals surface area contributed by atoms with Crippen LogP contribution < -0.4 is 11.2 Å². The molecule has 0 saturated carbocycles. The quantitative estimate of drug-likeness (QED) is 0.0591. The number of aromatic nitrogens is 2. The summed E-state index contributed by atoms with van der Waals surface area (Å²) in [6.45, 7) is 8.47. The molecule has 3 unspecified atom stereocenters. The van der Waals surface area contributed by atoms with E-state index in [4.69, 9.17) is 18.5 Å². The molecule has 1 aliphatic heterocycles. The maximum atomic E-state index is 12.9. The molecule has 2 N–H and O–H groups in total. The zero-order chi connectivity index (χ0) is 35.0. The molecule has 0 spiro atoms. The van der Waals surface area contributed by atoms with E-state index in [0.29, 0.717) is 24.3 Å². The minimum Gasteiger partial charge on any atom is -0.375 e. The van der Waals surface area contributed by atoms with Crippen LogP contribution in [0.2, 0.25) is 0 Å². The Morgan fingerprint density at radius 2 is 1.48 bits per heavy atom. The lowest BCUT2D eigenvalue weighted by atomic mass is 10.0. The van der Waals surface area contributed by atoms with Gasteiger partial charge in [-0.05, 0) is 37.9 Å². The number of unbranched alkanes of at least 4 members (excludes halogenated alkanes) is 16. The third-order valence-electron chi connectivity index (χ3n) is 9.12. The molecule has 0 aliphatic carbocycles. The van der Waals surface area contributed by atoms with Crippen LogP contribution in [0.25, 0.3) is 0 Å². The van der Waals surface area contributed by atoms with Gasteiger partial charge in [0.1, 0.15) is 6.23 Å². The molecule has 0 amide bonds. The number of thioether (sulfide) groups is 1. The fourth-order valence-electron chi connectivity index (χ4n) is 5.96. The fourth-order valence-corrected chi connectivity index (χ4v) is 7.76. The average molecular weight is 719 g/mol. The molecule has 1 aromatic heterocycles. The Balaban J connectivity index is 1.74. The molecule has 1 saturated heterocycles. The van der Waals surface area contributed by atoms with Gasteiger partial charge in [0.15, 0.2) is 0 Å². The Labute approximate surface area is 294 Å². The van der Waals surface area contributed by atoms with Gasteiger partial charge >= 0.3 is 13.5 Å². The molecule has 2 heterocycles. The van der Waals surface area contributed by atoms with Crippen LogP contribution in [0, 0.1) is 12.8 Å². The van der Waals surface area contributed by atoms with Gasteiger partial charge in [0.05, 0.1) is 25.4 Å². The predicted molar refractivity (Wildman–Crippen MR) is 197 cm³/mol. The smallest absolute Gasteiger partial charge is 0.375 e. The highest BCUT2D eigenvalue weighted by molar-refractivity contribution is 7.99. The standard InChI is InChI=1S/C36H67N2O8PS/c1-5-7-9-11-13-15-16-18-20-22-24-48-29-32(43-23-21-19-17-14-12-10-8-6-2)27-44-47(41,42)45-28-33-30(3)25-34(46-33)38-26-31(4)35(39)37-36(38)40/h26,30,32-34H,5-25,27-29H2,1-4H3,(H,41,42)(H,37,39,40)/t30-,32+,33?,34?/m0/s1. The van der Waals surface area contributed by atoms with Crippen LogP contribution in [0.5, 0.6) is 0 Å². The Hall–Kier alpha value is -0.940. The van der Waals surface area contributed by atoms with E-state index in [1.54, 1.807) is 6.92 Å². The summed E-state index contributed by atoms with van der Waals surface area (Å²) in [5.74, 6) is 1.70. The van der Waals surface area contributed by atoms with Crippen molar-refractivity contribution < 1.29 is 28.0 Å². The topological polar surface area (TPSA) is 129 Å². The summed E-state index contributed by atoms with van der Waals surface area (Å²) in [7, 11) is -4.36. The van der Waals surface area contributed by atoms with E-state index in [2.05, 4.69) is 18.8 Å². The van der Waals surface area contributed by atoms with Crippen molar-refractivity contribution in [3.8, 4) is 0 Å². The summed E-state index contributed by atoms with van der Waals surface area (Å²) >= 11 is 1.82. The molecule has 48 heavy (non-hydrogen) atoms. The van der Waals surface area contributed by atoms with E-state index >= 15 is 0 Å². The second-order valence-corrected chi connectivity index (χ2v) is 16.2. The molecule has 0 aromatic carbocycles. The molecule has 280 valence electrons. The van der Waals surface area contributed by atoms with Crippen LogP contribution in [0.4, 0.5) is 0 Å². The zero-order valence-electron chi connectivity index (χ0n) is 30.5. The number of aryl methyl sites for hydroxylation is 1. The summed E-state index contributed by atoms with van der Waals surface area (Å²) < 4.78 is 37.2. The van der Waals surface area contributed by atoms with E-state index in [0.717, 1.165) is 18.6 Å². The monoisotopic (exact) mass is 718 g/mol. The summed E-state index contributed by atoms with van der Waals surface area (Å²) in [5, 5.41) is 0. The number of hydrogen-bond donors (Lipinski definition) is 2. The summed E-state index contributed by atoms with van der Waals surface area (Å²) in [6.07, 6.45) is 23.4. The van der Waals surface area contributed by atoms with Crippen molar-refractivity contribution in [3.05, 3.63) is 32.6 Å². The molecule has 0 bridgehead atoms. The van der Waals surface area contributed by atoms with Crippen molar-refractivity contribution in [3.63, 3.8) is 0 Å². The first-order valence-corrected chi connectivity index (χ1v) is 21.6. The molecular formula is C36H67N2O8PS. The minimum atomic E-state index is -4.36. The summed E-state index contributed by atoms with van der Waals surface area (Å²) in [4.78, 5) is 36.9. The molecular weight excluding hydrogens is 651 g/mol. The van der Waals surface area contributed by atoms with E-state index in [1.165, 1.54) is 113 Å². The highest BCUT2D eigenvalue weighted by atomic mass is 32.2. The Kier molecular flexibility index (Phi) is 23.3. The average Bonchev–Trinajstić information content (AvgIpc) is 3.43. The Morgan fingerprint density at radius 1 is 0.917 bits per heavy atom. The van der Waals surface area contributed by atoms with Crippen molar-refractivity contribution in [2.24, 2.45) is 5.92 Å².